The third-order valence-electron chi connectivity index (χ3n) is 2.58. The monoisotopic (exact) mass is 286 g/mol. The molecule has 0 aliphatic heterocycles. The van der Waals surface area contributed by atoms with Crippen LogP contribution in [0.25, 0.3) is 6.08 Å². The van der Waals surface area contributed by atoms with Gasteiger partial charge in [-0.1, -0.05) is 0 Å². The summed E-state index contributed by atoms with van der Waals surface area (Å²) in [5, 5.41) is 11.3. The van der Waals surface area contributed by atoms with Crippen LogP contribution in [0.1, 0.15) is 17.2 Å². The molecular weight excluding hydrogens is 272 g/mol. The molecule has 2 aromatic rings. The van der Waals surface area contributed by atoms with Gasteiger partial charge in [-0.25, -0.2) is 0 Å². The smallest absolute Gasteiger partial charge is 0.309 e. The topological polar surface area (TPSA) is 92.4 Å². The van der Waals surface area contributed by atoms with Crippen molar-refractivity contribution in [2.75, 3.05) is 5.32 Å². The van der Waals surface area contributed by atoms with Crippen molar-refractivity contribution < 1.29 is 19.1 Å². The van der Waals surface area contributed by atoms with Crippen LogP contribution in [0.4, 0.5) is 5.69 Å². The van der Waals surface area contributed by atoms with Gasteiger partial charge in [0.25, 0.3) is 0 Å². The number of aliphatic carboxylic acids is 1. The van der Waals surface area contributed by atoms with E-state index in [1.807, 2.05) is 13.0 Å². The van der Waals surface area contributed by atoms with Crippen LogP contribution < -0.4 is 5.32 Å². The lowest BCUT2D eigenvalue weighted by atomic mass is 10.2. The minimum Gasteiger partial charge on any atom is -0.481 e. The van der Waals surface area contributed by atoms with E-state index < -0.39 is 5.97 Å². The lowest BCUT2D eigenvalue weighted by Gasteiger charge is -2.02. The lowest BCUT2D eigenvalue weighted by molar-refractivity contribution is -0.136. The lowest BCUT2D eigenvalue weighted by Crippen LogP contribution is -2.08. The molecule has 0 fully saturated rings. The quantitative estimate of drug-likeness (QED) is 0.822. The van der Waals surface area contributed by atoms with Crippen molar-refractivity contribution in [1.29, 1.82) is 0 Å². The van der Waals surface area contributed by atoms with E-state index in [-0.39, 0.29) is 12.3 Å². The standard InChI is InChI=1S/C15H14N2O4/c1-10-2-5-13(21-10)6-7-14(18)17-12-4-3-11(16-9-12)8-15(19)20/h2-7,9H,8H2,1H3,(H,17,18)(H,19,20)/b7-6+. The molecule has 0 aliphatic carbocycles. The maximum atomic E-state index is 11.7. The maximum absolute atomic E-state index is 11.7. The van der Waals surface area contributed by atoms with Gasteiger partial charge in [-0.3, -0.25) is 14.6 Å². The van der Waals surface area contributed by atoms with Crippen LogP contribution in [0.3, 0.4) is 0 Å². The van der Waals surface area contributed by atoms with E-state index >= 15 is 0 Å². The van der Waals surface area contributed by atoms with Gasteiger partial charge >= 0.3 is 5.97 Å². The van der Waals surface area contributed by atoms with E-state index in [9.17, 15) is 9.59 Å². The summed E-state index contributed by atoms with van der Waals surface area (Å²) < 4.78 is 5.30. The molecule has 2 N–H and O–H groups in total. The van der Waals surface area contributed by atoms with E-state index in [0.717, 1.165) is 5.76 Å². The zero-order valence-electron chi connectivity index (χ0n) is 11.4. The molecule has 108 valence electrons. The van der Waals surface area contributed by atoms with Gasteiger partial charge in [-0.15, -0.1) is 0 Å². The summed E-state index contributed by atoms with van der Waals surface area (Å²) in [7, 11) is 0. The first-order valence-electron chi connectivity index (χ1n) is 6.25. The highest BCUT2D eigenvalue weighted by Gasteiger charge is 2.03. The van der Waals surface area contributed by atoms with E-state index in [1.54, 1.807) is 24.3 Å². The molecule has 0 saturated heterocycles. The van der Waals surface area contributed by atoms with Crippen molar-refractivity contribution in [3.05, 3.63) is 53.8 Å². The number of hydrogen-bond donors (Lipinski definition) is 2. The maximum Gasteiger partial charge on any atom is 0.309 e. The predicted octanol–water partition coefficient (Wildman–Crippen LogP) is 2.26. The Morgan fingerprint density at radius 2 is 2.14 bits per heavy atom. The first-order valence-corrected chi connectivity index (χ1v) is 6.25. The third-order valence-corrected chi connectivity index (χ3v) is 2.58. The fraction of sp³-hybridized carbons (Fsp3) is 0.133. The molecule has 2 heterocycles. The van der Waals surface area contributed by atoms with Gasteiger partial charge in [0.2, 0.25) is 5.91 Å². The number of aryl methyl sites for hydroxylation is 1. The highest BCUT2D eigenvalue weighted by atomic mass is 16.4. The fourth-order valence-electron chi connectivity index (χ4n) is 1.64. The Labute approximate surface area is 121 Å². The molecule has 6 heteroatoms. The second kappa shape index (κ2) is 6.51. The van der Waals surface area contributed by atoms with Gasteiger partial charge in [0.1, 0.15) is 11.5 Å². The van der Waals surface area contributed by atoms with E-state index in [2.05, 4.69) is 10.3 Å². The molecule has 0 aromatic carbocycles. The number of carboxylic acid groups (broad SMARTS) is 1. The number of amides is 1. The summed E-state index contributed by atoms with van der Waals surface area (Å²) in [4.78, 5) is 26.2. The third kappa shape index (κ3) is 4.61. The Bertz CT molecular complexity index is 671. The summed E-state index contributed by atoms with van der Waals surface area (Å²) in [6.07, 6.45) is 4.19. The first kappa shape index (κ1) is 14.5. The Balaban J connectivity index is 1.93. The van der Waals surface area contributed by atoms with Crippen LogP contribution in [0.5, 0.6) is 0 Å². The van der Waals surface area contributed by atoms with Crippen molar-refractivity contribution in [3.63, 3.8) is 0 Å². The average molecular weight is 286 g/mol. The van der Waals surface area contributed by atoms with Crippen molar-refractivity contribution in [2.24, 2.45) is 0 Å². The number of carboxylic acids is 1. The number of rotatable bonds is 5. The van der Waals surface area contributed by atoms with Gasteiger partial charge in [0.05, 0.1) is 24.0 Å². The molecule has 1 amide bonds. The summed E-state index contributed by atoms with van der Waals surface area (Å²) in [5.74, 6) is 0.0960. The number of anilines is 1. The van der Waals surface area contributed by atoms with Crippen LogP contribution in [-0.4, -0.2) is 22.0 Å². The molecule has 0 aliphatic rings. The van der Waals surface area contributed by atoms with E-state index in [1.165, 1.54) is 12.3 Å². The number of carbonyl (C=O) groups is 2. The number of furan rings is 1. The molecule has 0 atom stereocenters. The molecule has 21 heavy (non-hydrogen) atoms. The SMILES string of the molecule is Cc1ccc(/C=C/C(=O)Nc2ccc(CC(=O)O)nc2)o1. The van der Waals surface area contributed by atoms with E-state index in [4.69, 9.17) is 9.52 Å². The molecule has 2 rings (SSSR count). The normalized spacial score (nSPS) is 10.7. The Morgan fingerprint density at radius 3 is 2.71 bits per heavy atom. The average Bonchev–Trinajstić information content (AvgIpc) is 2.84. The fourth-order valence-corrected chi connectivity index (χ4v) is 1.64. The van der Waals surface area contributed by atoms with Crippen LogP contribution in [0, 0.1) is 6.92 Å². The van der Waals surface area contributed by atoms with Crippen molar-refractivity contribution in [3.8, 4) is 0 Å². The number of nitrogens with one attached hydrogen (secondary N) is 1. The van der Waals surface area contributed by atoms with Crippen molar-refractivity contribution in [1.82, 2.24) is 4.98 Å². The molecule has 0 saturated carbocycles. The van der Waals surface area contributed by atoms with Gasteiger partial charge < -0.3 is 14.8 Å². The number of carbonyl (C=O) groups excluding carboxylic acids is 1. The van der Waals surface area contributed by atoms with Crippen LogP contribution >= 0.6 is 0 Å². The minimum atomic E-state index is -0.948. The Hall–Kier alpha value is -2.89. The molecule has 0 radical (unpaired) electrons. The number of hydrogen-bond acceptors (Lipinski definition) is 4. The van der Waals surface area contributed by atoms with Gasteiger partial charge in [0.15, 0.2) is 0 Å². The van der Waals surface area contributed by atoms with Crippen molar-refractivity contribution in [2.45, 2.75) is 13.3 Å². The molecule has 6 nitrogen and oxygen atoms in total. The molecule has 2 aromatic heterocycles. The van der Waals surface area contributed by atoms with Gasteiger partial charge in [-0.05, 0) is 37.3 Å². The van der Waals surface area contributed by atoms with Crippen LogP contribution in [-0.2, 0) is 16.0 Å². The van der Waals surface area contributed by atoms with Crippen LogP contribution in [0.2, 0.25) is 0 Å². The highest BCUT2D eigenvalue weighted by Crippen LogP contribution is 2.09. The largest absolute Gasteiger partial charge is 0.481 e. The summed E-state index contributed by atoms with van der Waals surface area (Å²) in [5.41, 5.74) is 0.927. The molecule has 0 bridgehead atoms. The second-order valence-corrected chi connectivity index (χ2v) is 4.38. The summed E-state index contributed by atoms with van der Waals surface area (Å²) >= 11 is 0. The zero-order valence-corrected chi connectivity index (χ0v) is 11.4. The van der Waals surface area contributed by atoms with Gasteiger partial charge in [0, 0.05) is 6.08 Å². The molecule has 0 unspecified atom stereocenters. The first-order chi connectivity index (χ1) is 10.0. The second-order valence-electron chi connectivity index (χ2n) is 4.38. The van der Waals surface area contributed by atoms with Crippen LogP contribution in [0.15, 0.2) is 41.0 Å². The zero-order chi connectivity index (χ0) is 15.2. The molecule has 0 spiro atoms. The molecular formula is C15H14N2O4. The Kier molecular flexibility index (Phi) is 4.50. The summed E-state index contributed by atoms with van der Waals surface area (Å²) in [6.45, 7) is 1.82. The number of pyridine rings is 1. The number of aromatic nitrogens is 1. The van der Waals surface area contributed by atoms with Crippen molar-refractivity contribution >= 4 is 23.6 Å². The number of nitrogens with zero attached hydrogens (tertiary/aromatic N) is 1. The highest BCUT2D eigenvalue weighted by molar-refractivity contribution is 6.01. The van der Waals surface area contributed by atoms with E-state index in [0.29, 0.717) is 17.1 Å². The minimum absolute atomic E-state index is 0.147. The Morgan fingerprint density at radius 1 is 1.33 bits per heavy atom. The predicted molar refractivity (Wildman–Crippen MR) is 76.7 cm³/mol. The summed E-state index contributed by atoms with van der Waals surface area (Å²) in [6, 6.07) is 6.74. The van der Waals surface area contributed by atoms with Gasteiger partial charge in [-0.2, -0.15) is 0 Å².